The highest BCUT2D eigenvalue weighted by atomic mass is 35.5. The number of allylic oxidation sites excluding steroid dienone is 3. The highest BCUT2D eigenvalue weighted by Crippen LogP contribution is 2.15. The van der Waals surface area contributed by atoms with Crippen LogP contribution in [-0.4, -0.2) is 19.8 Å². The van der Waals surface area contributed by atoms with Crippen molar-refractivity contribution in [1.82, 2.24) is 10.6 Å². The van der Waals surface area contributed by atoms with Crippen LogP contribution >= 0.6 is 11.6 Å². The van der Waals surface area contributed by atoms with Crippen LogP contribution < -0.4 is 10.6 Å². The van der Waals surface area contributed by atoms with Crippen molar-refractivity contribution in [3.05, 3.63) is 23.2 Å². The largest absolute Gasteiger partial charge is 0.392 e. The summed E-state index contributed by atoms with van der Waals surface area (Å²) < 4.78 is 0. The molecule has 4 heteroatoms. The molecule has 0 atom stereocenters. The zero-order valence-corrected chi connectivity index (χ0v) is 10.8. The van der Waals surface area contributed by atoms with E-state index in [0.29, 0.717) is 5.92 Å². The van der Waals surface area contributed by atoms with Crippen LogP contribution in [0.5, 0.6) is 0 Å². The fourth-order valence-corrected chi connectivity index (χ4v) is 1.33. The molecule has 0 bridgehead atoms. The van der Waals surface area contributed by atoms with Crippen LogP contribution in [0.1, 0.15) is 20.8 Å². The third-order valence-electron chi connectivity index (χ3n) is 2.06. The van der Waals surface area contributed by atoms with E-state index in [0.717, 1.165) is 17.1 Å². The number of hydrogen-bond acceptors (Lipinski definition) is 3. The van der Waals surface area contributed by atoms with E-state index in [1.165, 1.54) is 5.67 Å². The van der Waals surface area contributed by atoms with Gasteiger partial charge in [0.1, 0.15) is 0 Å². The summed E-state index contributed by atoms with van der Waals surface area (Å²) in [5.74, 6) is 0.381. The summed E-state index contributed by atoms with van der Waals surface area (Å²) in [7, 11) is 3.77. The number of nitrogens with zero attached hydrogens (tertiary/aromatic N) is 1. The maximum absolute atomic E-state index is 5.53. The Morgan fingerprint density at radius 1 is 1.27 bits per heavy atom. The van der Waals surface area contributed by atoms with Gasteiger partial charge in [-0.1, -0.05) is 25.4 Å². The first-order chi connectivity index (χ1) is 7.06. The van der Waals surface area contributed by atoms with Crippen molar-refractivity contribution in [2.45, 2.75) is 20.8 Å². The summed E-state index contributed by atoms with van der Waals surface area (Å²) in [4.78, 5) is 4.15. The first-order valence-electron chi connectivity index (χ1n) is 4.97. The lowest BCUT2D eigenvalue weighted by molar-refractivity contribution is 0.688. The average molecular weight is 230 g/mol. The molecule has 0 aliphatic heterocycles. The fraction of sp³-hybridized carbons (Fsp3) is 0.545. The van der Waals surface area contributed by atoms with Crippen LogP contribution in [0.3, 0.4) is 0 Å². The zero-order valence-electron chi connectivity index (χ0n) is 10.1. The van der Waals surface area contributed by atoms with Crippen molar-refractivity contribution in [1.29, 1.82) is 0 Å². The van der Waals surface area contributed by atoms with Crippen LogP contribution in [0, 0.1) is 5.92 Å². The maximum atomic E-state index is 5.53. The van der Waals surface area contributed by atoms with Crippen LogP contribution in [0.15, 0.2) is 28.2 Å². The quantitative estimate of drug-likeness (QED) is 0.561. The summed E-state index contributed by atoms with van der Waals surface area (Å²) in [6.07, 6.45) is 1.96. The number of nitrogens with one attached hydrogen (secondary N) is 2. The number of halogens is 1. The highest BCUT2D eigenvalue weighted by Gasteiger charge is 2.06. The molecule has 86 valence electrons. The van der Waals surface area contributed by atoms with Crippen LogP contribution in [0.4, 0.5) is 0 Å². The van der Waals surface area contributed by atoms with Gasteiger partial charge >= 0.3 is 0 Å². The Morgan fingerprint density at radius 2 is 1.87 bits per heavy atom. The Labute approximate surface area is 97.3 Å². The Morgan fingerprint density at radius 3 is 2.20 bits per heavy atom. The molecular weight excluding hydrogens is 210 g/mol. The molecule has 15 heavy (non-hydrogen) atoms. The molecule has 0 heterocycles. The van der Waals surface area contributed by atoms with Gasteiger partial charge in [-0.3, -0.25) is 0 Å². The molecule has 0 fully saturated rings. The van der Waals surface area contributed by atoms with E-state index in [-0.39, 0.29) is 0 Å². The number of rotatable bonds is 5. The smallest absolute Gasteiger partial charge is 0.0934 e. The van der Waals surface area contributed by atoms with E-state index in [1.807, 2.05) is 27.1 Å². The van der Waals surface area contributed by atoms with E-state index in [4.69, 9.17) is 11.6 Å². The topological polar surface area (TPSA) is 36.4 Å². The summed E-state index contributed by atoms with van der Waals surface area (Å²) in [6, 6.07) is 0. The summed E-state index contributed by atoms with van der Waals surface area (Å²) in [6.45, 7) is 6.20. The molecule has 0 aliphatic carbocycles. The molecule has 0 spiro atoms. The number of aliphatic imine (C=N–C) groups is 1. The highest BCUT2D eigenvalue weighted by molar-refractivity contribution is 6.56. The maximum Gasteiger partial charge on any atom is 0.0934 e. The lowest BCUT2D eigenvalue weighted by Crippen LogP contribution is -2.14. The monoisotopic (exact) mass is 229 g/mol. The third kappa shape index (κ3) is 4.88. The van der Waals surface area contributed by atoms with Gasteiger partial charge in [-0.15, -0.1) is 0 Å². The molecule has 3 nitrogen and oxygen atoms in total. The SMILES string of the molecule is CN/C(C)=C/C(/N=C/Cl)=C(\NC)C(C)C. The van der Waals surface area contributed by atoms with Crippen molar-refractivity contribution < 1.29 is 0 Å². The Bertz CT molecular complexity index is 278. The van der Waals surface area contributed by atoms with Gasteiger partial charge in [0.25, 0.3) is 0 Å². The third-order valence-corrected chi connectivity index (χ3v) is 2.16. The van der Waals surface area contributed by atoms with E-state index < -0.39 is 0 Å². The Balaban J connectivity index is 5.25. The second-order valence-corrected chi connectivity index (χ2v) is 3.70. The predicted molar refractivity (Wildman–Crippen MR) is 68.1 cm³/mol. The molecule has 0 saturated heterocycles. The van der Waals surface area contributed by atoms with Crippen LogP contribution in [-0.2, 0) is 0 Å². The molecule has 0 rings (SSSR count). The first-order valence-corrected chi connectivity index (χ1v) is 5.41. The first kappa shape index (κ1) is 14.0. The standard InChI is InChI=1S/C11H20ClN3/c1-8(2)11(14-5)10(15-7-12)6-9(3)13-4/h6-8,13-14H,1-5H3/b9-6+,11-10+,15-7+. The second-order valence-electron chi connectivity index (χ2n) is 3.51. The molecule has 0 aromatic heterocycles. The van der Waals surface area contributed by atoms with Crippen molar-refractivity contribution in [3.63, 3.8) is 0 Å². The lowest BCUT2D eigenvalue weighted by Gasteiger charge is -2.13. The second kappa shape index (κ2) is 7.35. The minimum absolute atomic E-state index is 0.381. The van der Waals surface area contributed by atoms with Crippen molar-refractivity contribution in [2.75, 3.05) is 14.1 Å². The summed E-state index contributed by atoms with van der Waals surface area (Å²) in [5, 5.41) is 6.20. The normalized spacial score (nSPS) is 14.5. The van der Waals surface area contributed by atoms with E-state index in [2.05, 4.69) is 29.5 Å². The fourth-order valence-electron chi connectivity index (χ4n) is 1.23. The van der Waals surface area contributed by atoms with Gasteiger partial charge in [0, 0.05) is 25.5 Å². The Kier molecular flexibility index (Phi) is 6.88. The molecule has 0 aliphatic rings. The van der Waals surface area contributed by atoms with Gasteiger partial charge in [0.15, 0.2) is 0 Å². The zero-order chi connectivity index (χ0) is 11.8. The Hall–Kier alpha value is -0.960. The van der Waals surface area contributed by atoms with Gasteiger partial charge in [0.05, 0.1) is 11.4 Å². The molecule has 0 aromatic carbocycles. The lowest BCUT2D eigenvalue weighted by atomic mass is 10.1. The van der Waals surface area contributed by atoms with Gasteiger partial charge in [0.2, 0.25) is 0 Å². The van der Waals surface area contributed by atoms with Crippen LogP contribution in [0.2, 0.25) is 0 Å². The molecule has 0 unspecified atom stereocenters. The molecule has 0 amide bonds. The van der Waals surface area contributed by atoms with Crippen LogP contribution in [0.25, 0.3) is 0 Å². The van der Waals surface area contributed by atoms with Gasteiger partial charge in [-0.25, -0.2) is 4.99 Å². The van der Waals surface area contributed by atoms with Crippen molar-refractivity contribution >= 4 is 17.3 Å². The van der Waals surface area contributed by atoms with Gasteiger partial charge < -0.3 is 10.6 Å². The van der Waals surface area contributed by atoms with E-state index in [9.17, 15) is 0 Å². The van der Waals surface area contributed by atoms with E-state index >= 15 is 0 Å². The minimum Gasteiger partial charge on any atom is -0.392 e. The summed E-state index contributed by atoms with van der Waals surface area (Å²) >= 11 is 5.53. The average Bonchev–Trinajstić information content (AvgIpc) is 2.18. The predicted octanol–water partition coefficient (Wildman–Crippen LogP) is 2.46. The molecular formula is C11H20ClN3. The van der Waals surface area contributed by atoms with E-state index in [1.54, 1.807) is 0 Å². The molecule has 0 aromatic rings. The number of hydrogen-bond donors (Lipinski definition) is 2. The molecule has 0 radical (unpaired) electrons. The van der Waals surface area contributed by atoms with Gasteiger partial charge in [-0.2, -0.15) is 0 Å². The van der Waals surface area contributed by atoms with Gasteiger partial charge in [-0.05, 0) is 18.9 Å². The summed E-state index contributed by atoms with van der Waals surface area (Å²) in [5.41, 5.74) is 4.26. The molecule has 2 N–H and O–H groups in total. The molecule has 0 saturated carbocycles. The van der Waals surface area contributed by atoms with Crippen molar-refractivity contribution in [3.8, 4) is 0 Å². The minimum atomic E-state index is 0.381. The van der Waals surface area contributed by atoms with Crippen molar-refractivity contribution in [2.24, 2.45) is 10.9 Å².